The van der Waals surface area contributed by atoms with Gasteiger partial charge in [0.05, 0.1) is 6.54 Å². The number of rotatable bonds is 3. The van der Waals surface area contributed by atoms with Gasteiger partial charge in [0, 0.05) is 18.2 Å². The van der Waals surface area contributed by atoms with Gasteiger partial charge in [-0.1, -0.05) is 0 Å². The molecule has 2 atom stereocenters. The van der Waals surface area contributed by atoms with E-state index in [4.69, 9.17) is 5.11 Å². The molecule has 0 unspecified atom stereocenters. The number of anilines is 1. The predicted molar refractivity (Wildman–Crippen MR) is 69.7 cm³/mol. The Morgan fingerprint density at radius 2 is 2.13 bits per heavy atom. The molecule has 0 radical (unpaired) electrons. The maximum absolute atomic E-state index is 13.3. The standard InChI is InChI=1S/C12H14F4N4O3/c1-6-3-19(5-12(14,15)16)18-9(6)17-10(21)8-2-7(13)4-20(8)11(22)23/h3,7-8H,2,4-5H2,1H3,(H,22,23)(H,17,18,21)/t7-,8+/m1/s1. The highest BCUT2D eigenvalue weighted by Gasteiger charge is 2.40. The number of carbonyl (C=O) groups excluding carboxylic acids is 1. The molecule has 2 rings (SSSR count). The molecule has 23 heavy (non-hydrogen) atoms. The average Bonchev–Trinajstić information content (AvgIpc) is 2.91. The van der Waals surface area contributed by atoms with Gasteiger partial charge in [0.1, 0.15) is 18.8 Å². The van der Waals surface area contributed by atoms with E-state index >= 15 is 0 Å². The Morgan fingerprint density at radius 3 is 2.70 bits per heavy atom. The lowest BCUT2D eigenvalue weighted by Gasteiger charge is -2.19. The van der Waals surface area contributed by atoms with Gasteiger partial charge in [0.2, 0.25) is 5.91 Å². The van der Waals surface area contributed by atoms with Crippen molar-refractivity contribution in [2.75, 3.05) is 11.9 Å². The minimum absolute atomic E-state index is 0.119. The van der Waals surface area contributed by atoms with Gasteiger partial charge in [-0.2, -0.15) is 18.3 Å². The molecule has 1 saturated heterocycles. The van der Waals surface area contributed by atoms with Crippen LogP contribution in [-0.4, -0.2) is 56.7 Å². The van der Waals surface area contributed by atoms with Crippen molar-refractivity contribution in [1.29, 1.82) is 0 Å². The molecule has 0 saturated carbocycles. The molecule has 11 heteroatoms. The fourth-order valence-electron chi connectivity index (χ4n) is 2.35. The first-order valence-corrected chi connectivity index (χ1v) is 6.62. The molecule has 128 valence electrons. The summed E-state index contributed by atoms with van der Waals surface area (Å²) in [5.41, 5.74) is 0.277. The Morgan fingerprint density at radius 1 is 1.48 bits per heavy atom. The highest BCUT2D eigenvalue weighted by molar-refractivity contribution is 5.96. The first-order chi connectivity index (χ1) is 10.6. The molecule has 2 N–H and O–H groups in total. The van der Waals surface area contributed by atoms with E-state index in [-0.39, 0.29) is 17.8 Å². The first-order valence-electron chi connectivity index (χ1n) is 6.62. The molecule has 1 aromatic heterocycles. The van der Waals surface area contributed by atoms with Crippen LogP contribution in [0.15, 0.2) is 6.20 Å². The Kier molecular flexibility index (Phi) is 4.48. The molecule has 1 aliphatic heterocycles. The second-order valence-electron chi connectivity index (χ2n) is 5.25. The topological polar surface area (TPSA) is 87.5 Å². The van der Waals surface area contributed by atoms with Crippen molar-refractivity contribution < 1.29 is 32.3 Å². The summed E-state index contributed by atoms with van der Waals surface area (Å²) in [6, 6.07) is -1.24. The van der Waals surface area contributed by atoms with Crippen molar-refractivity contribution in [3.63, 3.8) is 0 Å². The van der Waals surface area contributed by atoms with Crippen molar-refractivity contribution in [2.45, 2.75) is 38.3 Å². The molecule has 1 fully saturated rings. The van der Waals surface area contributed by atoms with E-state index < -0.39 is 43.5 Å². The Balaban J connectivity index is 2.10. The van der Waals surface area contributed by atoms with Crippen LogP contribution in [0.5, 0.6) is 0 Å². The quantitative estimate of drug-likeness (QED) is 0.823. The number of aryl methyl sites for hydroxylation is 1. The summed E-state index contributed by atoms with van der Waals surface area (Å²) in [5, 5.41) is 14.8. The van der Waals surface area contributed by atoms with E-state index in [0.29, 0.717) is 9.58 Å². The zero-order chi connectivity index (χ0) is 17.4. The van der Waals surface area contributed by atoms with E-state index in [9.17, 15) is 27.2 Å². The molecule has 0 aliphatic carbocycles. The molecule has 1 aliphatic rings. The van der Waals surface area contributed by atoms with Gasteiger partial charge >= 0.3 is 12.3 Å². The molecular weight excluding hydrogens is 324 g/mol. The van der Waals surface area contributed by atoms with Crippen LogP contribution in [0.1, 0.15) is 12.0 Å². The molecule has 7 nitrogen and oxygen atoms in total. The van der Waals surface area contributed by atoms with Gasteiger partial charge in [-0.3, -0.25) is 14.4 Å². The number of carboxylic acid groups (broad SMARTS) is 1. The predicted octanol–water partition coefficient (Wildman–Crippen LogP) is 1.78. The first kappa shape index (κ1) is 17.0. The summed E-state index contributed by atoms with van der Waals surface area (Å²) >= 11 is 0. The summed E-state index contributed by atoms with van der Waals surface area (Å²) in [7, 11) is 0. The second-order valence-corrected chi connectivity index (χ2v) is 5.25. The maximum atomic E-state index is 13.3. The number of hydrogen-bond donors (Lipinski definition) is 2. The second kappa shape index (κ2) is 6.05. The Hall–Kier alpha value is -2.33. The summed E-state index contributed by atoms with van der Waals surface area (Å²) in [6.45, 7) is -0.299. The molecule has 1 aromatic rings. The van der Waals surface area contributed by atoms with Crippen molar-refractivity contribution in [2.24, 2.45) is 0 Å². The lowest BCUT2D eigenvalue weighted by molar-refractivity contribution is -0.142. The van der Waals surface area contributed by atoms with Crippen LogP contribution in [-0.2, 0) is 11.3 Å². The van der Waals surface area contributed by atoms with E-state index in [2.05, 4.69) is 10.4 Å². The summed E-state index contributed by atoms with van der Waals surface area (Å²) in [4.78, 5) is 23.7. The van der Waals surface area contributed by atoms with Crippen LogP contribution < -0.4 is 5.32 Å². The van der Waals surface area contributed by atoms with Crippen molar-refractivity contribution >= 4 is 17.8 Å². The lowest BCUT2D eigenvalue weighted by atomic mass is 10.2. The van der Waals surface area contributed by atoms with E-state index in [1.54, 1.807) is 0 Å². The molecule has 0 spiro atoms. The normalized spacial score (nSPS) is 21.5. The van der Waals surface area contributed by atoms with Gasteiger partial charge in [0.25, 0.3) is 0 Å². The number of carbonyl (C=O) groups is 2. The minimum Gasteiger partial charge on any atom is -0.465 e. The number of nitrogens with one attached hydrogen (secondary N) is 1. The fourth-order valence-corrected chi connectivity index (χ4v) is 2.35. The average molecular weight is 338 g/mol. The molecular formula is C12H14F4N4O3. The number of aromatic nitrogens is 2. The Bertz CT molecular complexity index is 616. The monoisotopic (exact) mass is 338 g/mol. The number of halogens is 4. The summed E-state index contributed by atoms with van der Waals surface area (Å²) < 4.78 is 50.9. The van der Waals surface area contributed by atoms with Gasteiger partial charge in [0.15, 0.2) is 5.82 Å². The smallest absolute Gasteiger partial charge is 0.408 e. The maximum Gasteiger partial charge on any atom is 0.408 e. The number of alkyl halides is 4. The van der Waals surface area contributed by atoms with Gasteiger partial charge in [-0.25, -0.2) is 9.18 Å². The summed E-state index contributed by atoms with van der Waals surface area (Å²) in [5.74, 6) is -0.945. The highest BCUT2D eigenvalue weighted by Crippen LogP contribution is 2.23. The van der Waals surface area contributed by atoms with Crippen molar-refractivity contribution in [3.8, 4) is 0 Å². The van der Waals surface area contributed by atoms with Crippen LogP contribution >= 0.6 is 0 Å². The third kappa shape index (κ3) is 4.11. The van der Waals surface area contributed by atoms with Crippen LogP contribution in [0, 0.1) is 6.92 Å². The van der Waals surface area contributed by atoms with Crippen LogP contribution in [0.3, 0.4) is 0 Å². The number of amides is 2. The third-order valence-corrected chi connectivity index (χ3v) is 3.33. The summed E-state index contributed by atoms with van der Waals surface area (Å²) in [6.07, 6.45) is -6.58. The number of nitrogens with zero attached hydrogens (tertiary/aromatic N) is 3. The fraction of sp³-hybridized carbons (Fsp3) is 0.583. The van der Waals surface area contributed by atoms with Gasteiger partial charge in [-0.15, -0.1) is 0 Å². The van der Waals surface area contributed by atoms with Crippen molar-refractivity contribution in [1.82, 2.24) is 14.7 Å². The van der Waals surface area contributed by atoms with E-state index in [0.717, 1.165) is 6.20 Å². The molecule has 0 bridgehead atoms. The van der Waals surface area contributed by atoms with Crippen molar-refractivity contribution in [3.05, 3.63) is 11.8 Å². The van der Waals surface area contributed by atoms with E-state index in [1.165, 1.54) is 6.92 Å². The van der Waals surface area contributed by atoms with E-state index in [1.807, 2.05) is 0 Å². The minimum atomic E-state index is -4.47. The zero-order valence-electron chi connectivity index (χ0n) is 12.0. The Labute approximate surface area is 127 Å². The van der Waals surface area contributed by atoms with Gasteiger partial charge < -0.3 is 10.4 Å². The SMILES string of the molecule is Cc1cn(CC(F)(F)F)nc1NC(=O)[C@@H]1C[C@@H](F)CN1C(=O)O. The molecule has 2 amide bonds. The largest absolute Gasteiger partial charge is 0.465 e. The highest BCUT2D eigenvalue weighted by atomic mass is 19.4. The van der Waals surface area contributed by atoms with Crippen LogP contribution in [0.4, 0.5) is 28.2 Å². The van der Waals surface area contributed by atoms with Gasteiger partial charge in [-0.05, 0) is 6.92 Å². The third-order valence-electron chi connectivity index (χ3n) is 3.33. The molecule has 2 heterocycles. The zero-order valence-corrected chi connectivity index (χ0v) is 12.0. The lowest BCUT2D eigenvalue weighted by Crippen LogP contribution is -2.42. The number of likely N-dealkylation sites (tertiary alicyclic amines) is 1. The number of hydrogen-bond acceptors (Lipinski definition) is 3. The molecule has 0 aromatic carbocycles. The van der Waals surface area contributed by atoms with Crippen LogP contribution in [0.25, 0.3) is 0 Å². The van der Waals surface area contributed by atoms with Crippen LogP contribution in [0.2, 0.25) is 0 Å².